The molecule has 4 atom stereocenters. The molecule has 336 valence electrons. The number of aliphatic hydroxyl groups is 1. The van der Waals surface area contributed by atoms with Crippen LogP contribution in [0, 0.1) is 5.92 Å². The first-order valence-corrected chi connectivity index (χ1v) is 21.4. The number of aromatic nitrogens is 1. The third-order valence-corrected chi connectivity index (χ3v) is 11.9. The molecule has 6 N–H and O–H groups in total. The molecule has 0 saturated carbocycles. The van der Waals surface area contributed by atoms with E-state index in [1.165, 1.54) is 30.2 Å². The monoisotopic (exact) mass is 874 g/mol. The van der Waals surface area contributed by atoms with Gasteiger partial charge in [0.05, 0.1) is 31.2 Å². The van der Waals surface area contributed by atoms with Gasteiger partial charge in [0.1, 0.15) is 30.3 Å². The van der Waals surface area contributed by atoms with Crippen LogP contribution in [0.25, 0.3) is 10.9 Å². The minimum atomic E-state index is -1.25. The Balaban J connectivity index is 0.910. The maximum atomic E-state index is 13.4. The van der Waals surface area contributed by atoms with Gasteiger partial charge in [-0.1, -0.05) is 66.7 Å². The van der Waals surface area contributed by atoms with Crippen LogP contribution in [0.5, 0.6) is 11.5 Å². The number of aliphatic hydroxyl groups excluding tert-OH is 1. The maximum absolute atomic E-state index is 13.4. The summed E-state index contributed by atoms with van der Waals surface area (Å²) in [4.78, 5) is 70.7. The highest BCUT2D eigenvalue weighted by molar-refractivity contribution is 5.98. The Morgan fingerprint density at radius 3 is 2.34 bits per heavy atom. The fraction of sp³-hybridized carbons (Fsp3) is 0.354. The van der Waals surface area contributed by atoms with Crippen molar-refractivity contribution in [3.63, 3.8) is 0 Å². The molecule has 1 aromatic heterocycles. The fourth-order valence-corrected chi connectivity index (χ4v) is 8.26. The quantitative estimate of drug-likeness (QED) is 0.0542. The van der Waals surface area contributed by atoms with Crippen molar-refractivity contribution in [3.05, 3.63) is 141 Å². The average Bonchev–Trinajstić information content (AvgIpc) is 3.32. The van der Waals surface area contributed by atoms with Crippen LogP contribution in [0.15, 0.2) is 108 Å². The van der Waals surface area contributed by atoms with Gasteiger partial charge >= 0.3 is 12.1 Å². The SMILES string of the molecule is COC(=O)[C@H](CC(=O)N(C)CCNC[C@H](O)c1ccc(O)c2[nH]c(=O)ccc12)NC(=O)c1ccc(COc2ccccc2C(NC(=O)O[C@H]2CN3CCC2CC3)c2ccccc2)cc1. The van der Waals surface area contributed by atoms with Crippen molar-refractivity contribution in [2.45, 2.75) is 50.2 Å². The first-order chi connectivity index (χ1) is 31.0. The largest absolute Gasteiger partial charge is 0.506 e. The second-order valence-electron chi connectivity index (χ2n) is 16.2. The molecule has 3 aliphatic rings. The van der Waals surface area contributed by atoms with Gasteiger partial charge in [0.15, 0.2) is 0 Å². The summed E-state index contributed by atoms with van der Waals surface area (Å²) in [6.45, 7) is 3.62. The number of alkyl carbamates (subject to hydrolysis) is 1. The number of aromatic hydroxyl groups is 1. The standard InChI is InChI=1S/C48H54N6O10/c1-53(25-22-49-27-39(56)34-16-18-38(55)45-35(34)17-19-42(57)51-45)43(58)26-37(47(60)62-2)50-46(59)33-14-12-30(13-15-33)29-63-40-11-7-6-10-36(40)44(32-8-4-3-5-9-32)52-48(61)64-41-28-54-23-20-31(41)21-24-54/h3-19,31,37,39,41,44,49,55-56H,20-29H2,1-2H3,(H,50,59)(H,51,57)(H,52,61)/t37-,39-,41-,44?/m0/s1. The minimum absolute atomic E-state index is 0.112. The van der Waals surface area contributed by atoms with Gasteiger partial charge < -0.3 is 50.3 Å². The van der Waals surface area contributed by atoms with E-state index in [1.54, 1.807) is 37.4 Å². The number of aromatic amines is 1. The highest BCUT2D eigenvalue weighted by atomic mass is 16.6. The summed E-state index contributed by atoms with van der Waals surface area (Å²) >= 11 is 0. The van der Waals surface area contributed by atoms with E-state index in [0.717, 1.165) is 49.2 Å². The number of carbonyl (C=O) groups is 4. The number of esters is 1. The van der Waals surface area contributed by atoms with Crippen LogP contribution in [0.3, 0.4) is 0 Å². The Bertz CT molecular complexity index is 2470. The summed E-state index contributed by atoms with van der Waals surface area (Å²) in [5.41, 5.74) is 2.97. The topological polar surface area (TPSA) is 212 Å². The molecule has 16 heteroatoms. The van der Waals surface area contributed by atoms with Crippen molar-refractivity contribution in [1.29, 1.82) is 0 Å². The van der Waals surface area contributed by atoms with Crippen LogP contribution in [-0.4, -0.2) is 114 Å². The number of fused-ring (bicyclic) bond motifs is 4. The molecule has 2 bridgehead atoms. The Labute approximate surface area is 370 Å². The molecule has 16 nitrogen and oxygen atoms in total. The van der Waals surface area contributed by atoms with E-state index in [1.807, 2.05) is 54.6 Å². The molecule has 0 spiro atoms. The first-order valence-electron chi connectivity index (χ1n) is 21.4. The minimum Gasteiger partial charge on any atom is -0.506 e. The zero-order valence-corrected chi connectivity index (χ0v) is 35.8. The van der Waals surface area contributed by atoms with Crippen molar-refractivity contribution in [2.75, 3.05) is 53.4 Å². The van der Waals surface area contributed by atoms with Crippen molar-refractivity contribution in [3.8, 4) is 11.5 Å². The fourth-order valence-electron chi connectivity index (χ4n) is 8.26. The number of hydrogen-bond donors (Lipinski definition) is 6. The second kappa shape index (κ2) is 21.1. The first kappa shape index (κ1) is 45.3. The number of para-hydroxylation sites is 1. The van der Waals surface area contributed by atoms with Crippen LogP contribution >= 0.6 is 0 Å². The average molecular weight is 875 g/mol. The van der Waals surface area contributed by atoms with Gasteiger partial charge in [-0.15, -0.1) is 0 Å². The van der Waals surface area contributed by atoms with Crippen molar-refractivity contribution >= 4 is 34.8 Å². The summed E-state index contributed by atoms with van der Waals surface area (Å²) < 4.78 is 17.2. The van der Waals surface area contributed by atoms with Gasteiger partial charge in [0.2, 0.25) is 11.5 Å². The van der Waals surface area contributed by atoms with Gasteiger partial charge in [-0.3, -0.25) is 19.3 Å². The van der Waals surface area contributed by atoms with E-state index >= 15 is 0 Å². The van der Waals surface area contributed by atoms with Gasteiger partial charge in [0.25, 0.3) is 5.91 Å². The molecule has 4 heterocycles. The molecular weight excluding hydrogens is 821 g/mol. The predicted molar refractivity (Wildman–Crippen MR) is 238 cm³/mol. The normalized spacial score (nSPS) is 18.0. The maximum Gasteiger partial charge on any atom is 0.408 e. The number of carbonyl (C=O) groups excluding carboxylic acids is 4. The van der Waals surface area contributed by atoms with E-state index in [9.17, 15) is 34.2 Å². The zero-order valence-electron chi connectivity index (χ0n) is 35.8. The van der Waals surface area contributed by atoms with E-state index in [2.05, 4.69) is 25.8 Å². The lowest BCUT2D eigenvalue weighted by Crippen LogP contribution is -2.52. The van der Waals surface area contributed by atoms with Crippen molar-refractivity contribution < 1.29 is 43.6 Å². The molecule has 1 unspecified atom stereocenters. The van der Waals surface area contributed by atoms with Crippen LogP contribution < -0.4 is 26.2 Å². The molecule has 3 amide bonds. The molecule has 8 rings (SSSR count). The number of phenols is 1. The summed E-state index contributed by atoms with van der Waals surface area (Å²) in [6, 6.07) is 27.8. The number of likely N-dealkylation sites (N-methyl/N-ethyl adjacent to an activating group) is 1. The van der Waals surface area contributed by atoms with E-state index in [-0.39, 0.29) is 54.6 Å². The molecule has 3 fully saturated rings. The number of amides is 3. The number of phenolic OH excluding ortho intramolecular Hbond substituents is 1. The molecule has 3 aliphatic heterocycles. The number of piperidine rings is 3. The van der Waals surface area contributed by atoms with Crippen LogP contribution in [-0.2, 0) is 25.7 Å². The van der Waals surface area contributed by atoms with Crippen LogP contribution in [0.1, 0.15) is 64.0 Å². The number of methoxy groups -OCH3 is 1. The zero-order chi connectivity index (χ0) is 45.2. The second-order valence-corrected chi connectivity index (χ2v) is 16.2. The molecule has 5 aromatic rings. The van der Waals surface area contributed by atoms with Gasteiger partial charge in [-0.05, 0) is 78.9 Å². The summed E-state index contributed by atoms with van der Waals surface area (Å²) in [6.07, 6.45) is 0.104. The van der Waals surface area contributed by atoms with Crippen LogP contribution in [0.4, 0.5) is 4.79 Å². The molecule has 0 aliphatic carbocycles. The lowest BCUT2D eigenvalue weighted by Gasteiger charge is -2.43. The molecule has 64 heavy (non-hydrogen) atoms. The van der Waals surface area contributed by atoms with Gasteiger partial charge in [-0.25, -0.2) is 9.59 Å². The van der Waals surface area contributed by atoms with Crippen LogP contribution in [0.2, 0.25) is 0 Å². The van der Waals surface area contributed by atoms with Gasteiger partial charge in [-0.2, -0.15) is 0 Å². The Morgan fingerprint density at radius 1 is 0.891 bits per heavy atom. The third kappa shape index (κ3) is 11.2. The van der Waals surface area contributed by atoms with E-state index < -0.39 is 42.1 Å². The number of nitrogens with one attached hydrogen (secondary N) is 4. The van der Waals surface area contributed by atoms with Crippen molar-refractivity contribution in [1.82, 2.24) is 30.7 Å². The molecule has 0 radical (unpaired) electrons. The Hall–Kier alpha value is -6.75. The highest BCUT2D eigenvalue weighted by Crippen LogP contribution is 2.33. The Kier molecular flexibility index (Phi) is 14.9. The van der Waals surface area contributed by atoms with Crippen molar-refractivity contribution in [2.24, 2.45) is 5.92 Å². The van der Waals surface area contributed by atoms with E-state index in [4.69, 9.17) is 14.2 Å². The third-order valence-electron chi connectivity index (χ3n) is 11.9. The number of H-pyrrole nitrogens is 1. The Morgan fingerprint density at radius 2 is 1.62 bits per heavy atom. The highest BCUT2D eigenvalue weighted by Gasteiger charge is 2.37. The van der Waals surface area contributed by atoms with E-state index in [0.29, 0.717) is 29.2 Å². The molecule has 3 saturated heterocycles. The summed E-state index contributed by atoms with van der Waals surface area (Å²) in [5.74, 6) is -0.955. The lowest BCUT2D eigenvalue weighted by molar-refractivity contribution is -0.145. The number of nitrogens with zero attached hydrogens (tertiary/aromatic N) is 2. The van der Waals surface area contributed by atoms with Gasteiger partial charge in [0, 0.05) is 55.8 Å². The summed E-state index contributed by atoms with van der Waals surface area (Å²) in [5, 5.41) is 30.3. The molecule has 4 aromatic carbocycles. The molecular formula is C48H54N6O10. The number of ether oxygens (including phenoxy) is 3. The number of benzene rings is 4. The smallest absolute Gasteiger partial charge is 0.408 e. The predicted octanol–water partition coefficient (Wildman–Crippen LogP) is 4.17. The number of pyridine rings is 1. The number of hydrogen-bond acceptors (Lipinski definition) is 12. The summed E-state index contributed by atoms with van der Waals surface area (Å²) in [7, 11) is 2.74. The lowest BCUT2D eigenvalue weighted by atomic mass is 9.86. The number of rotatable bonds is 18.